The standard InChI is InChI=1S/C17H14BrFN6O3/c18-13-7-12(5-6-14(13)19)23-27-21-9-15-16(25-28-24-15)22-17(26)11-3-1-10(8-20)2-4-11/h1-7,9,23H,8,20H2,(H,22,25,26)/b21-9+. The second kappa shape index (κ2) is 9.06. The van der Waals surface area contributed by atoms with Crippen LogP contribution in [-0.2, 0) is 11.5 Å². The van der Waals surface area contributed by atoms with Crippen LogP contribution in [0.3, 0.4) is 0 Å². The van der Waals surface area contributed by atoms with Crippen LogP contribution in [0.25, 0.3) is 0 Å². The molecule has 3 aromatic rings. The fraction of sp³-hybridized carbons (Fsp3) is 0.0588. The average Bonchev–Trinajstić information content (AvgIpc) is 3.14. The molecular weight excluding hydrogens is 435 g/mol. The predicted octanol–water partition coefficient (Wildman–Crippen LogP) is 3.06. The van der Waals surface area contributed by atoms with E-state index in [-0.39, 0.29) is 16.0 Å². The van der Waals surface area contributed by atoms with Crippen molar-refractivity contribution in [1.29, 1.82) is 0 Å². The Kier molecular flexibility index (Phi) is 6.29. The highest BCUT2D eigenvalue weighted by Gasteiger charge is 2.13. The number of benzene rings is 2. The molecule has 4 N–H and O–H groups in total. The van der Waals surface area contributed by atoms with Crippen LogP contribution in [0, 0.1) is 5.82 Å². The topological polar surface area (TPSA) is 128 Å². The number of carbonyl (C=O) groups excluding carboxylic acids is 1. The second-order valence-electron chi connectivity index (χ2n) is 5.41. The van der Waals surface area contributed by atoms with E-state index in [2.05, 4.69) is 46.8 Å². The van der Waals surface area contributed by atoms with Crippen molar-refractivity contribution in [3.05, 3.63) is 69.6 Å². The van der Waals surface area contributed by atoms with Gasteiger partial charge < -0.3 is 11.1 Å². The average molecular weight is 449 g/mol. The molecule has 0 bridgehead atoms. The van der Waals surface area contributed by atoms with Gasteiger partial charge in [0.1, 0.15) is 12.0 Å². The summed E-state index contributed by atoms with van der Waals surface area (Å²) in [7, 11) is 0. The number of oxime groups is 1. The monoisotopic (exact) mass is 448 g/mol. The minimum Gasteiger partial charge on any atom is -0.326 e. The smallest absolute Gasteiger partial charge is 0.256 e. The van der Waals surface area contributed by atoms with Gasteiger partial charge in [-0.05, 0) is 62.1 Å². The third kappa shape index (κ3) is 4.90. The van der Waals surface area contributed by atoms with Crippen LogP contribution < -0.4 is 16.5 Å². The number of aromatic nitrogens is 2. The summed E-state index contributed by atoms with van der Waals surface area (Å²) in [5, 5.41) is 13.5. The van der Waals surface area contributed by atoms with E-state index in [1.54, 1.807) is 24.3 Å². The van der Waals surface area contributed by atoms with Gasteiger partial charge in [0.2, 0.25) is 5.82 Å². The number of carbonyl (C=O) groups is 1. The van der Waals surface area contributed by atoms with Crippen molar-refractivity contribution in [3.8, 4) is 0 Å². The Balaban J connectivity index is 1.58. The van der Waals surface area contributed by atoms with Crippen molar-refractivity contribution in [2.45, 2.75) is 6.54 Å². The molecule has 11 heteroatoms. The SMILES string of the molecule is NCc1ccc(C(=O)Nc2nonc2/C=N/ONc2ccc(F)c(Br)c2)cc1. The Morgan fingerprint density at radius 1 is 1.29 bits per heavy atom. The number of amides is 1. The Morgan fingerprint density at radius 3 is 2.79 bits per heavy atom. The van der Waals surface area contributed by atoms with E-state index in [4.69, 9.17) is 10.7 Å². The maximum atomic E-state index is 13.2. The van der Waals surface area contributed by atoms with Gasteiger partial charge in [0.05, 0.1) is 10.2 Å². The summed E-state index contributed by atoms with van der Waals surface area (Å²) in [6.45, 7) is 0.388. The maximum absolute atomic E-state index is 13.2. The van der Waals surface area contributed by atoms with Gasteiger partial charge in [-0.15, -0.1) is 0 Å². The summed E-state index contributed by atoms with van der Waals surface area (Å²) in [5.41, 5.74) is 9.98. The largest absolute Gasteiger partial charge is 0.326 e. The van der Waals surface area contributed by atoms with Gasteiger partial charge in [0.15, 0.2) is 5.69 Å². The fourth-order valence-electron chi connectivity index (χ4n) is 2.05. The normalized spacial score (nSPS) is 10.8. The fourth-order valence-corrected chi connectivity index (χ4v) is 2.43. The van der Waals surface area contributed by atoms with Crippen molar-refractivity contribution in [2.24, 2.45) is 10.9 Å². The Hall–Kier alpha value is -3.31. The summed E-state index contributed by atoms with van der Waals surface area (Å²) < 4.78 is 18.1. The van der Waals surface area contributed by atoms with Crippen molar-refractivity contribution in [3.63, 3.8) is 0 Å². The number of nitrogens with zero attached hydrogens (tertiary/aromatic N) is 3. The first kappa shape index (κ1) is 19.5. The Morgan fingerprint density at radius 2 is 2.07 bits per heavy atom. The summed E-state index contributed by atoms with van der Waals surface area (Å²) in [6.07, 6.45) is 1.19. The predicted molar refractivity (Wildman–Crippen MR) is 103 cm³/mol. The first-order valence-electron chi connectivity index (χ1n) is 7.90. The molecule has 1 heterocycles. The molecule has 0 aliphatic carbocycles. The molecule has 0 saturated carbocycles. The number of nitrogens with one attached hydrogen (secondary N) is 2. The van der Waals surface area contributed by atoms with Gasteiger partial charge in [0, 0.05) is 12.1 Å². The lowest BCUT2D eigenvalue weighted by Crippen LogP contribution is -2.13. The minimum atomic E-state index is -0.402. The number of hydrogen-bond acceptors (Lipinski definition) is 8. The van der Waals surface area contributed by atoms with Gasteiger partial charge >= 0.3 is 0 Å². The van der Waals surface area contributed by atoms with Crippen LogP contribution in [-0.4, -0.2) is 22.4 Å². The van der Waals surface area contributed by atoms with E-state index in [1.165, 1.54) is 24.4 Å². The summed E-state index contributed by atoms with van der Waals surface area (Å²) in [5.74, 6) is -0.727. The van der Waals surface area contributed by atoms with Crippen LogP contribution >= 0.6 is 15.9 Å². The Bertz CT molecular complexity index is 993. The lowest BCUT2D eigenvalue weighted by atomic mass is 10.1. The van der Waals surface area contributed by atoms with Crippen LogP contribution in [0.1, 0.15) is 21.6 Å². The quantitative estimate of drug-likeness (QED) is 0.374. The molecule has 0 spiro atoms. The molecule has 3 rings (SSSR count). The molecule has 144 valence electrons. The molecule has 0 atom stereocenters. The third-order valence-electron chi connectivity index (χ3n) is 3.51. The van der Waals surface area contributed by atoms with Gasteiger partial charge in [-0.2, -0.15) is 5.48 Å². The van der Waals surface area contributed by atoms with Crippen LogP contribution in [0.5, 0.6) is 0 Å². The minimum absolute atomic E-state index is 0.0739. The van der Waals surface area contributed by atoms with Crippen LogP contribution in [0.4, 0.5) is 15.9 Å². The van der Waals surface area contributed by atoms with Gasteiger partial charge in [0.25, 0.3) is 5.91 Å². The summed E-state index contributed by atoms with van der Waals surface area (Å²) in [6, 6.07) is 11.0. The number of rotatable bonds is 7. The van der Waals surface area contributed by atoms with Gasteiger partial charge in [-0.25, -0.2) is 9.02 Å². The number of nitrogens with two attached hydrogens (primary N) is 1. The van der Waals surface area contributed by atoms with E-state index >= 15 is 0 Å². The molecule has 1 amide bonds. The molecule has 0 radical (unpaired) electrons. The lowest BCUT2D eigenvalue weighted by Gasteiger charge is -2.04. The molecule has 9 nitrogen and oxygen atoms in total. The summed E-state index contributed by atoms with van der Waals surface area (Å²) >= 11 is 3.06. The van der Waals surface area contributed by atoms with Gasteiger partial charge in [-0.1, -0.05) is 17.3 Å². The molecule has 0 saturated heterocycles. The van der Waals surface area contributed by atoms with E-state index < -0.39 is 11.7 Å². The van der Waals surface area contributed by atoms with Crippen molar-refractivity contribution >= 4 is 39.6 Å². The zero-order valence-corrected chi connectivity index (χ0v) is 15.8. The molecule has 1 aromatic heterocycles. The van der Waals surface area contributed by atoms with Crippen molar-refractivity contribution < 1.29 is 18.8 Å². The maximum Gasteiger partial charge on any atom is 0.256 e. The highest BCUT2D eigenvalue weighted by atomic mass is 79.9. The highest BCUT2D eigenvalue weighted by molar-refractivity contribution is 9.10. The molecule has 0 aliphatic heterocycles. The third-order valence-corrected chi connectivity index (χ3v) is 4.12. The van der Waals surface area contributed by atoms with E-state index in [0.717, 1.165) is 5.56 Å². The first-order valence-corrected chi connectivity index (χ1v) is 8.69. The van der Waals surface area contributed by atoms with Gasteiger partial charge in [-0.3, -0.25) is 9.73 Å². The summed E-state index contributed by atoms with van der Waals surface area (Å²) in [4.78, 5) is 17.2. The van der Waals surface area contributed by atoms with E-state index in [9.17, 15) is 9.18 Å². The Labute approximate surface area is 166 Å². The molecule has 0 aliphatic rings. The molecule has 0 fully saturated rings. The van der Waals surface area contributed by atoms with Crippen LogP contribution in [0.2, 0.25) is 0 Å². The zero-order chi connectivity index (χ0) is 19.9. The number of anilines is 2. The van der Waals surface area contributed by atoms with Crippen molar-refractivity contribution in [2.75, 3.05) is 10.8 Å². The molecule has 2 aromatic carbocycles. The van der Waals surface area contributed by atoms with E-state index in [1.807, 2.05) is 0 Å². The molecular formula is C17H14BrFN6O3. The van der Waals surface area contributed by atoms with E-state index in [0.29, 0.717) is 17.8 Å². The van der Waals surface area contributed by atoms with Crippen LogP contribution in [0.15, 0.2) is 56.7 Å². The number of halogens is 2. The number of hydrogen-bond donors (Lipinski definition) is 3. The molecule has 28 heavy (non-hydrogen) atoms. The second-order valence-corrected chi connectivity index (χ2v) is 6.26. The lowest BCUT2D eigenvalue weighted by molar-refractivity contribution is 0.102. The molecule has 0 unspecified atom stereocenters. The zero-order valence-electron chi connectivity index (χ0n) is 14.2. The first-order chi connectivity index (χ1) is 13.6. The van der Waals surface area contributed by atoms with Crippen molar-refractivity contribution in [1.82, 2.24) is 10.3 Å². The highest BCUT2D eigenvalue weighted by Crippen LogP contribution is 2.20.